The molecule has 0 amide bonds. The van der Waals surface area contributed by atoms with Gasteiger partial charge in [-0.2, -0.15) is 0 Å². The van der Waals surface area contributed by atoms with Crippen molar-refractivity contribution in [3.05, 3.63) is 71.8 Å². The summed E-state index contributed by atoms with van der Waals surface area (Å²) in [6.45, 7) is 8.44. The molecular formula is C24H26O2. The maximum Gasteiger partial charge on any atom is 0.119 e. The lowest BCUT2D eigenvalue weighted by molar-refractivity contribution is 0.465. The summed E-state index contributed by atoms with van der Waals surface area (Å²) < 4.78 is 0. The van der Waals surface area contributed by atoms with Gasteiger partial charge in [-0.1, -0.05) is 64.1 Å². The summed E-state index contributed by atoms with van der Waals surface area (Å²) in [5.74, 6) is 1.27. The average molecular weight is 346 g/mol. The van der Waals surface area contributed by atoms with Crippen LogP contribution in [0.25, 0.3) is 22.3 Å². The predicted octanol–water partition coefficient (Wildman–Crippen LogP) is 6.68. The van der Waals surface area contributed by atoms with Crippen molar-refractivity contribution in [3.63, 3.8) is 0 Å². The number of hydrogen-bond donors (Lipinski definition) is 2. The van der Waals surface area contributed by atoms with Crippen molar-refractivity contribution >= 4 is 0 Å². The first kappa shape index (κ1) is 18.1. The zero-order chi connectivity index (χ0) is 18.8. The van der Waals surface area contributed by atoms with E-state index >= 15 is 0 Å². The SMILES string of the molecule is CC(C)c1cc(-c2ccc(-c3ccc(O)cc3C(C)C)cc2)ccc1O. The van der Waals surface area contributed by atoms with Crippen molar-refractivity contribution < 1.29 is 10.2 Å². The van der Waals surface area contributed by atoms with Gasteiger partial charge < -0.3 is 10.2 Å². The fourth-order valence-corrected chi connectivity index (χ4v) is 3.33. The summed E-state index contributed by atoms with van der Waals surface area (Å²) >= 11 is 0. The van der Waals surface area contributed by atoms with Crippen LogP contribution < -0.4 is 0 Å². The van der Waals surface area contributed by atoms with E-state index in [1.165, 1.54) is 0 Å². The third kappa shape index (κ3) is 3.60. The highest BCUT2D eigenvalue weighted by Gasteiger charge is 2.11. The van der Waals surface area contributed by atoms with Crippen LogP contribution in [0.1, 0.15) is 50.7 Å². The summed E-state index contributed by atoms with van der Waals surface area (Å²) in [7, 11) is 0. The molecular weight excluding hydrogens is 320 g/mol. The zero-order valence-electron chi connectivity index (χ0n) is 15.8. The van der Waals surface area contributed by atoms with Gasteiger partial charge >= 0.3 is 0 Å². The van der Waals surface area contributed by atoms with E-state index in [9.17, 15) is 10.2 Å². The van der Waals surface area contributed by atoms with Crippen LogP contribution in [0.5, 0.6) is 11.5 Å². The molecule has 0 atom stereocenters. The highest BCUT2D eigenvalue weighted by Crippen LogP contribution is 2.34. The molecule has 0 fully saturated rings. The van der Waals surface area contributed by atoms with E-state index in [0.29, 0.717) is 17.4 Å². The molecule has 2 N–H and O–H groups in total. The topological polar surface area (TPSA) is 40.5 Å². The molecule has 0 heterocycles. The molecule has 3 rings (SSSR count). The molecule has 3 aromatic carbocycles. The molecule has 0 saturated heterocycles. The summed E-state index contributed by atoms with van der Waals surface area (Å²) in [5, 5.41) is 19.8. The number of phenolic OH excluding ortho intramolecular Hbond substituents is 2. The quantitative estimate of drug-likeness (QED) is 0.553. The van der Waals surface area contributed by atoms with Crippen molar-refractivity contribution in [2.24, 2.45) is 0 Å². The summed E-state index contributed by atoms with van der Waals surface area (Å²) in [6.07, 6.45) is 0. The van der Waals surface area contributed by atoms with E-state index in [1.54, 1.807) is 12.1 Å². The number of phenols is 2. The third-order valence-electron chi connectivity index (χ3n) is 4.84. The van der Waals surface area contributed by atoms with Gasteiger partial charge in [0.25, 0.3) is 0 Å². The van der Waals surface area contributed by atoms with Gasteiger partial charge in [0.1, 0.15) is 11.5 Å². The predicted molar refractivity (Wildman–Crippen MR) is 109 cm³/mol. The molecule has 0 saturated carbocycles. The molecule has 0 unspecified atom stereocenters. The Morgan fingerprint density at radius 3 is 1.77 bits per heavy atom. The van der Waals surface area contributed by atoms with Crippen molar-refractivity contribution in [2.45, 2.75) is 39.5 Å². The Balaban J connectivity index is 1.99. The Morgan fingerprint density at radius 2 is 1.15 bits per heavy atom. The van der Waals surface area contributed by atoms with E-state index < -0.39 is 0 Å². The van der Waals surface area contributed by atoms with Crippen molar-refractivity contribution in [1.82, 2.24) is 0 Å². The minimum atomic E-state index is 0.278. The van der Waals surface area contributed by atoms with Crippen LogP contribution in [0.4, 0.5) is 0 Å². The Kier molecular flexibility index (Phi) is 5.03. The molecule has 2 nitrogen and oxygen atoms in total. The van der Waals surface area contributed by atoms with Gasteiger partial charge in [0.2, 0.25) is 0 Å². The van der Waals surface area contributed by atoms with Gasteiger partial charge in [-0.15, -0.1) is 0 Å². The monoisotopic (exact) mass is 346 g/mol. The lowest BCUT2D eigenvalue weighted by Crippen LogP contribution is -1.93. The van der Waals surface area contributed by atoms with Gasteiger partial charge in [0.15, 0.2) is 0 Å². The van der Waals surface area contributed by atoms with Gasteiger partial charge in [0.05, 0.1) is 0 Å². The van der Waals surface area contributed by atoms with Gasteiger partial charge in [-0.3, -0.25) is 0 Å². The molecule has 3 aromatic rings. The van der Waals surface area contributed by atoms with Gasteiger partial charge in [0, 0.05) is 0 Å². The molecule has 0 radical (unpaired) electrons. The second kappa shape index (κ2) is 7.25. The summed E-state index contributed by atoms with van der Waals surface area (Å²) in [4.78, 5) is 0. The molecule has 0 aliphatic heterocycles. The van der Waals surface area contributed by atoms with E-state index in [-0.39, 0.29) is 5.92 Å². The molecule has 0 aromatic heterocycles. The average Bonchev–Trinajstić information content (AvgIpc) is 2.62. The Morgan fingerprint density at radius 1 is 0.577 bits per heavy atom. The summed E-state index contributed by atoms with van der Waals surface area (Å²) in [6, 6.07) is 19.8. The molecule has 2 heteroatoms. The largest absolute Gasteiger partial charge is 0.508 e. The lowest BCUT2D eigenvalue weighted by atomic mass is 9.91. The Labute approximate surface area is 155 Å². The van der Waals surface area contributed by atoms with Crippen LogP contribution in [0.15, 0.2) is 60.7 Å². The molecule has 0 aliphatic carbocycles. The first-order valence-electron chi connectivity index (χ1n) is 9.13. The standard InChI is InChI=1S/C24H26O2/c1-15(2)22-14-20(25)10-11-21(22)18-7-5-17(6-8-18)19-9-12-24(26)23(13-19)16(3)4/h5-16,25-26H,1-4H3. The maximum atomic E-state index is 10.0. The third-order valence-corrected chi connectivity index (χ3v) is 4.84. The van der Waals surface area contributed by atoms with Gasteiger partial charge in [-0.05, 0) is 69.5 Å². The summed E-state index contributed by atoms with van der Waals surface area (Å²) in [5.41, 5.74) is 6.63. The number of benzene rings is 3. The first-order valence-corrected chi connectivity index (χ1v) is 9.13. The van der Waals surface area contributed by atoms with Crippen LogP contribution in [0.3, 0.4) is 0 Å². The van der Waals surface area contributed by atoms with Crippen LogP contribution in [0, 0.1) is 0 Å². The molecule has 0 aliphatic rings. The Hall–Kier alpha value is -2.74. The van der Waals surface area contributed by atoms with E-state index in [2.05, 4.69) is 58.0 Å². The van der Waals surface area contributed by atoms with Crippen LogP contribution in [-0.2, 0) is 0 Å². The second-order valence-corrected chi connectivity index (χ2v) is 7.43. The molecule has 0 spiro atoms. The van der Waals surface area contributed by atoms with Crippen LogP contribution >= 0.6 is 0 Å². The highest BCUT2D eigenvalue weighted by molar-refractivity contribution is 5.74. The minimum absolute atomic E-state index is 0.278. The maximum absolute atomic E-state index is 10.0. The second-order valence-electron chi connectivity index (χ2n) is 7.43. The zero-order valence-corrected chi connectivity index (χ0v) is 15.8. The van der Waals surface area contributed by atoms with E-state index in [1.807, 2.05) is 18.2 Å². The lowest BCUT2D eigenvalue weighted by Gasteiger charge is -2.14. The first-order chi connectivity index (χ1) is 12.4. The van der Waals surface area contributed by atoms with E-state index in [4.69, 9.17) is 0 Å². The number of aromatic hydroxyl groups is 2. The normalized spacial score (nSPS) is 11.3. The van der Waals surface area contributed by atoms with Crippen molar-refractivity contribution in [3.8, 4) is 33.8 Å². The van der Waals surface area contributed by atoms with E-state index in [0.717, 1.165) is 33.4 Å². The van der Waals surface area contributed by atoms with Crippen LogP contribution in [0.2, 0.25) is 0 Å². The molecule has 134 valence electrons. The number of hydrogen-bond acceptors (Lipinski definition) is 2. The smallest absolute Gasteiger partial charge is 0.119 e. The van der Waals surface area contributed by atoms with Gasteiger partial charge in [-0.25, -0.2) is 0 Å². The molecule has 26 heavy (non-hydrogen) atoms. The minimum Gasteiger partial charge on any atom is -0.508 e. The molecule has 0 bridgehead atoms. The fraction of sp³-hybridized carbons (Fsp3) is 0.250. The van der Waals surface area contributed by atoms with Crippen molar-refractivity contribution in [1.29, 1.82) is 0 Å². The van der Waals surface area contributed by atoms with Crippen LogP contribution in [-0.4, -0.2) is 10.2 Å². The number of rotatable bonds is 4. The Bertz CT molecular complexity index is 906. The highest BCUT2D eigenvalue weighted by atomic mass is 16.3. The fourth-order valence-electron chi connectivity index (χ4n) is 3.33. The van der Waals surface area contributed by atoms with Crippen molar-refractivity contribution in [2.75, 3.05) is 0 Å².